The summed E-state index contributed by atoms with van der Waals surface area (Å²) in [4.78, 5) is 23.7. The van der Waals surface area contributed by atoms with Crippen LogP contribution in [-0.4, -0.2) is 32.2 Å². The van der Waals surface area contributed by atoms with E-state index in [1.54, 1.807) is 24.3 Å². The highest BCUT2D eigenvalue weighted by molar-refractivity contribution is 5.93. The molecule has 136 valence electrons. The zero-order valence-corrected chi connectivity index (χ0v) is 14.8. The number of hydrogen-bond acceptors (Lipinski definition) is 5. The van der Waals surface area contributed by atoms with E-state index in [1.165, 1.54) is 7.11 Å². The molecule has 0 saturated heterocycles. The van der Waals surface area contributed by atoms with E-state index in [-0.39, 0.29) is 11.8 Å². The number of amides is 1. The smallest absolute Gasteiger partial charge is 0.337 e. The van der Waals surface area contributed by atoms with Crippen molar-refractivity contribution >= 4 is 17.6 Å². The zero-order chi connectivity index (χ0) is 18.5. The first-order valence-electron chi connectivity index (χ1n) is 8.44. The zero-order valence-electron chi connectivity index (χ0n) is 14.8. The molecule has 0 aliphatic carbocycles. The summed E-state index contributed by atoms with van der Waals surface area (Å²) in [6, 6.07) is 12.4. The van der Waals surface area contributed by atoms with Gasteiger partial charge in [0.2, 0.25) is 5.91 Å². The van der Waals surface area contributed by atoms with Crippen LogP contribution < -0.4 is 14.8 Å². The lowest BCUT2D eigenvalue weighted by molar-refractivity contribution is -0.116. The monoisotopic (exact) mass is 355 g/mol. The fourth-order valence-corrected chi connectivity index (χ4v) is 2.78. The van der Waals surface area contributed by atoms with Crippen molar-refractivity contribution in [3.8, 4) is 11.5 Å². The minimum absolute atomic E-state index is 0.0279. The van der Waals surface area contributed by atoms with E-state index in [9.17, 15) is 9.59 Å². The molecule has 0 saturated carbocycles. The Morgan fingerprint density at radius 1 is 1.08 bits per heavy atom. The van der Waals surface area contributed by atoms with Gasteiger partial charge in [-0.3, -0.25) is 4.79 Å². The summed E-state index contributed by atoms with van der Waals surface area (Å²) in [5.74, 6) is 0.982. The van der Waals surface area contributed by atoms with Gasteiger partial charge in [0.1, 0.15) is 13.2 Å². The first-order chi connectivity index (χ1) is 12.6. The molecule has 6 nitrogen and oxygen atoms in total. The van der Waals surface area contributed by atoms with E-state index in [2.05, 4.69) is 10.1 Å². The number of nitrogens with one attached hydrogen (secondary N) is 1. The molecule has 0 aromatic heterocycles. The molecule has 1 amide bonds. The van der Waals surface area contributed by atoms with Crippen LogP contribution in [0.25, 0.3) is 0 Å². The molecular weight excluding hydrogens is 334 g/mol. The molecule has 6 heteroatoms. The fraction of sp³-hybridized carbons (Fsp3) is 0.300. The van der Waals surface area contributed by atoms with Gasteiger partial charge in [0.05, 0.1) is 12.7 Å². The number of carbonyl (C=O) groups excluding carboxylic acids is 2. The molecule has 0 bridgehead atoms. The molecular formula is C20H21NO5. The fourth-order valence-electron chi connectivity index (χ4n) is 2.78. The van der Waals surface area contributed by atoms with Gasteiger partial charge in [-0.2, -0.15) is 0 Å². The quantitative estimate of drug-likeness (QED) is 0.833. The van der Waals surface area contributed by atoms with Crippen LogP contribution >= 0.6 is 0 Å². The van der Waals surface area contributed by atoms with Gasteiger partial charge in [-0.15, -0.1) is 0 Å². The minimum atomic E-state index is -0.407. The van der Waals surface area contributed by atoms with E-state index in [1.807, 2.05) is 25.1 Å². The third-order valence-corrected chi connectivity index (χ3v) is 4.22. The maximum Gasteiger partial charge on any atom is 0.337 e. The van der Waals surface area contributed by atoms with E-state index in [0.29, 0.717) is 30.9 Å². The van der Waals surface area contributed by atoms with Gasteiger partial charge in [0, 0.05) is 12.1 Å². The highest BCUT2D eigenvalue weighted by Crippen LogP contribution is 2.33. The van der Waals surface area contributed by atoms with Crippen LogP contribution in [-0.2, 0) is 9.53 Å². The van der Waals surface area contributed by atoms with E-state index < -0.39 is 5.97 Å². The van der Waals surface area contributed by atoms with E-state index in [4.69, 9.17) is 9.47 Å². The molecule has 0 fully saturated rings. The van der Waals surface area contributed by atoms with Crippen molar-refractivity contribution in [1.29, 1.82) is 0 Å². The number of fused-ring (bicyclic) bond motifs is 1. The molecule has 1 heterocycles. The van der Waals surface area contributed by atoms with Gasteiger partial charge in [0.15, 0.2) is 11.5 Å². The van der Waals surface area contributed by atoms with E-state index >= 15 is 0 Å². The molecule has 0 spiro atoms. The molecule has 26 heavy (non-hydrogen) atoms. The van der Waals surface area contributed by atoms with Crippen molar-refractivity contribution in [3.05, 3.63) is 53.6 Å². The second-order valence-corrected chi connectivity index (χ2v) is 6.13. The van der Waals surface area contributed by atoms with Crippen LogP contribution in [0.4, 0.5) is 5.69 Å². The van der Waals surface area contributed by atoms with Gasteiger partial charge >= 0.3 is 5.97 Å². The van der Waals surface area contributed by atoms with Gasteiger partial charge in [-0.1, -0.05) is 13.0 Å². The summed E-state index contributed by atoms with van der Waals surface area (Å²) in [6.45, 7) is 3.08. The molecule has 1 atom stereocenters. The third kappa shape index (κ3) is 4.14. The van der Waals surface area contributed by atoms with Gasteiger partial charge in [0.25, 0.3) is 0 Å². The summed E-state index contributed by atoms with van der Waals surface area (Å²) >= 11 is 0. The average molecular weight is 355 g/mol. The number of esters is 1. The standard InChI is InChI=1S/C20H21NO5/c1-13(15-5-8-17-18(12-15)26-10-9-25-17)11-19(22)21-16-6-3-14(4-7-16)20(23)24-2/h3-8,12-13H,9-11H2,1-2H3,(H,21,22). The Morgan fingerprint density at radius 2 is 1.77 bits per heavy atom. The molecule has 1 unspecified atom stereocenters. The molecule has 1 aliphatic rings. The number of benzene rings is 2. The number of methoxy groups -OCH3 is 1. The topological polar surface area (TPSA) is 73.9 Å². The lowest BCUT2D eigenvalue weighted by Crippen LogP contribution is -2.16. The number of hydrogen-bond donors (Lipinski definition) is 1. The summed E-state index contributed by atoms with van der Waals surface area (Å²) < 4.78 is 15.8. The van der Waals surface area contributed by atoms with E-state index in [0.717, 1.165) is 17.1 Å². The molecule has 2 aromatic rings. The normalized spacial score (nSPS) is 13.6. The summed E-state index contributed by atoms with van der Waals surface area (Å²) in [6.07, 6.45) is 0.332. The molecule has 2 aromatic carbocycles. The third-order valence-electron chi connectivity index (χ3n) is 4.22. The Kier molecular flexibility index (Phi) is 5.41. The predicted octanol–water partition coefficient (Wildman–Crippen LogP) is 3.38. The Bertz CT molecular complexity index is 800. The van der Waals surface area contributed by atoms with Crippen molar-refractivity contribution in [1.82, 2.24) is 0 Å². The molecule has 1 aliphatic heterocycles. The Morgan fingerprint density at radius 3 is 2.46 bits per heavy atom. The Labute approximate surface area is 152 Å². The molecule has 0 radical (unpaired) electrons. The van der Waals surface area contributed by atoms with Crippen LogP contribution in [0.2, 0.25) is 0 Å². The van der Waals surface area contributed by atoms with Crippen molar-refractivity contribution in [2.45, 2.75) is 19.3 Å². The van der Waals surface area contributed by atoms with Crippen molar-refractivity contribution in [3.63, 3.8) is 0 Å². The first-order valence-corrected chi connectivity index (χ1v) is 8.44. The highest BCUT2D eigenvalue weighted by atomic mass is 16.6. The average Bonchev–Trinajstić information content (AvgIpc) is 2.67. The van der Waals surface area contributed by atoms with Crippen molar-refractivity contribution < 1.29 is 23.8 Å². The van der Waals surface area contributed by atoms with Gasteiger partial charge in [-0.25, -0.2) is 4.79 Å². The Hall–Kier alpha value is -3.02. The first kappa shape index (κ1) is 17.8. The molecule has 3 rings (SSSR count). The maximum absolute atomic E-state index is 12.3. The van der Waals surface area contributed by atoms with Crippen molar-refractivity contribution in [2.24, 2.45) is 0 Å². The lowest BCUT2D eigenvalue weighted by atomic mass is 9.97. The van der Waals surface area contributed by atoms with Crippen LogP contribution in [0.15, 0.2) is 42.5 Å². The van der Waals surface area contributed by atoms with Gasteiger partial charge in [-0.05, 0) is 47.9 Å². The highest BCUT2D eigenvalue weighted by Gasteiger charge is 2.17. The maximum atomic E-state index is 12.3. The summed E-state index contributed by atoms with van der Waals surface area (Å²) in [5, 5.41) is 2.84. The SMILES string of the molecule is COC(=O)c1ccc(NC(=O)CC(C)c2ccc3c(c2)OCCO3)cc1. The van der Waals surface area contributed by atoms with Crippen LogP contribution in [0.5, 0.6) is 11.5 Å². The number of carbonyl (C=O) groups is 2. The minimum Gasteiger partial charge on any atom is -0.486 e. The van der Waals surface area contributed by atoms with Gasteiger partial charge < -0.3 is 19.5 Å². The summed E-state index contributed by atoms with van der Waals surface area (Å²) in [7, 11) is 1.33. The lowest BCUT2D eigenvalue weighted by Gasteiger charge is -2.20. The Balaban J connectivity index is 1.60. The van der Waals surface area contributed by atoms with Crippen molar-refractivity contribution in [2.75, 3.05) is 25.6 Å². The number of anilines is 1. The van der Waals surface area contributed by atoms with Crippen LogP contribution in [0.3, 0.4) is 0 Å². The summed E-state index contributed by atoms with van der Waals surface area (Å²) in [5.41, 5.74) is 2.10. The number of rotatable bonds is 5. The molecule has 1 N–H and O–H groups in total. The second kappa shape index (κ2) is 7.91. The van der Waals surface area contributed by atoms with Crippen LogP contribution in [0, 0.1) is 0 Å². The number of ether oxygens (including phenoxy) is 3. The second-order valence-electron chi connectivity index (χ2n) is 6.13. The largest absolute Gasteiger partial charge is 0.486 e. The van der Waals surface area contributed by atoms with Crippen LogP contribution in [0.1, 0.15) is 35.2 Å². The predicted molar refractivity (Wildman–Crippen MR) is 96.9 cm³/mol.